The number of rotatable bonds is 3. The number of ether oxygens (including phenoxy) is 1. The first-order valence-corrected chi connectivity index (χ1v) is 4.23. The zero-order valence-electron chi connectivity index (χ0n) is 7.25. The van der Waals surface area contributed by atoms with Gasteiger partial charge in [-0.25, -0.2) is 0 Å². The summed E-state index contributed by atoms with van der Waals surface area (Å²) >= 11 is 5.69. The van der Waals surface area contributed by atoms with E-state index in [1.54, 1.807) is 31.2 Å². The third-order valence-electron chi connectivity index (χ3n) is 1.56. The Balaban J connectivity index is 2.64. The first kappa shape index (κ1) is 9.86. The van der Waals surface area contributed by atoms with Gasteiger partial charge in [0.15, 0.2) is 6.10 Å². The number of hydrogen-bond acceptors (Lipinski definition) is 2. The highest BCUT2D eigenvalue weighted by Gasteiger charge is 2.05. The molecule has 0 radical (unpaired) electrons. The lowest BCUT2D eigenvalue weighted by Crippen LogP contribution is -2.29. The zero-order valence-corrected chi connectivity index (χ0v) is 8.01. The van der Waals surface area contributed by atoms with Gasteiger partial charge in [0.1, 0.15) is 11.6 Å². The van der Waals surface area contributed by atoms with Crippen LogP contribution in [0.25, 0.3) is 0 Å². The van der Waals surface area contributed by atoms with Gasteiger partial charge in [0.05, 0.1) is 0 Å². The predicted molar refractivity (Wildman–Crippen MR) is 53.5 cm³/mol. The lowest BCUT2D eigenvalue weighted by Gasteiger charge is -2.12. The Hall–Kier alpha value is -1.22. The van der Waals surface area contributed by atoms with Crippen LogP contribution >= 0.6 is 11.6 Å². The maximum absolute atomic E-state index is 7.12. The summed E-state index contributed by atoms with van der Waals surface area (Å²) in [5, 5.41) is 7.77. The van der Waals surface area contributed by atoms with Gasteiger partial charge in [-0.15, -0.1) is 0 Å². The van der Waals surface area contributed by atoms with Crippen LogP contribution in [0.4, 0.5) is 0 Å². The van der Waals surface area contributed by atoms with Gasteiger partial charge in [0.2, 0.25) is 0 Å². The number of halogens is 1. The smallest absolute Gasteiger partial charge is 0.152 e. The average molecular weight is 199 g/mol. The molecule has 1 unspecified atom stereocenters. The highest BCUT2D eigenvalue weighted by Crippen LogP contribution is 2.16. The van der Waals surface area contributed by atoms with Crippen molar-refractivity contribution in [2.24, 2.45) is 5.73 Å². The van der Waals surface area contributed by atoms with Crippen LogP contribution in [0.2, 0.25) is 5.02 Å². The predicted octanol–water partition coefficient (Wildman–Crippen LogP) is 2.04. The molecule has 0 saturated heterocycles. The van der Waals surface area contributed by atoms with E-state index in [1.807, 2.05) is 0 Å². The first-order valence-electron chi connectivity index (χ1n) is 3.85. The van der Waals surface area contributed by atoms with E-state index in [4.69, 9.17) is 27.5 Å². The molecular weight excluding hydrogens is 188 g/mol. The molecule has 0 aromatic heterocycles. The molecular formula is C9H11ClN2O. The topological polar surface area (TPSA) is 59.1 Å². The minimum Gasteiger partial charge on any atom is -0.483 e. The van der Waals surface area contributed by atoms with Crippen molar-refractivity contribution < 1.29 is 4.74 Å². The molecule has 0 aliphatic heterocycles. The Morgan fingerprint density at radius 3 is 2.46 bits per heavy atom. The van der Waals surface area contributed by atoms with E-state index in [1.165, 1.54) is 0 Å². The zero-order chi connectivity index (χ0) is 9.84. The summed E-state index contributed by atoms with van der Waals surface area (Å²) in [6, 6.07) is 6.93. The number of hydrogen-bond donors (Lipinski definition) is 2. The van der Waals surface area contributed by atoms with Gasteiger partial charge in [-0.1, -0.05) is 11.6 Å². The summed E-state index contributed by atoms with van der Waals surface area (Å²) in [4.78, 5) is 0. The van der Waals surface area contributed by atoms with Crippen LogP contribution in [-0.4, -0.2) is 11.9 Å². The highest BCUT2D eigenvalue weighted by molar-refractivity contribution is 6.30. The van der Waals surface area contributed by atoms with Crippen molar-refractivity contribution in [3.63, 3.8) is 0 Å². The van der Waals surface area contributed by atoms with Gasteiger partial charge in [0.25, 0.3) is 0 Å². The van der Waals surface area contributed by atoms with Crippen LogP contribution in [0.5, 0.6) is 5.75 Å². The van der Waals surface area contributed by atoms with Gasteiger partial charge in [-0.2, -0.15) is 0 Å². The third kappa shape index (κ3) is 2.95. The van der Waals surface area contributed by atoms with Crippen molar-refractivity contribution in [3.8, 4) is 5.75 Å². The van der Waals surface area contributed by atoms with Crippen molar-refractivity contribution in [2.45, 2.75) is 13.0 Å². The summed E-state index contributed by atoms with van der Waals surface area (Å²) in [7, 11) is 0. The second-order valence-corrected chi connectivity index (χ2v) is 3.11. The molecule has 70 valence electrons. The van der Waals surface area contributed by atoms with E-state index in [0.29, 0.717) is 10.8 Å². The van der Waals surface area contributed by atoms with Gasteiger partial charge in [-0.3, -0.25) is 5.41 Å². The quantitative estimate of drug-likeness (QED) is 0.577. The molecule has 4 heteroatoms. The Kier molecular flexibility index (Phi) is 3.14. The van der Waals surface area contributed by atoms with Crippen LogP contribution in [0.1, 0.15) is 6.92 Å². The molecule has 3 N–H and O–H groups in total. The number of amidine groups is 1. The summed E-state index contributed by atoms with van der Waals surface area (Å²) in [5.74, 6) is 0.669. The minimum atomic E-state index is -0.402. The van der Waals surface area contributed by atoms with E-state index < -0.39 is 6.10 Å². The molecule has 0 heterocycles. The summed E-state index contributed by atoms with van der Waals surface area (Å²) in [6.07, 6.45) is -0.402. The lowest BCUT2D eigenvalue weighted by atomic mass is 10.3. The molecule has 1 aromatic carbocycles. The molecule has 3 nitrogen and oxygen atoms in total. The number of benzene rings is 1. The molecule has 0 aliphatic rings. The van der Waals surface area contributed by atoms with Crippen LogP contribution in [0.3, 0.4) is 0 Å². The second kappa shape index (κ2) is 4.14. The first-order chi connectivity index (χ1) is 6.09. The largest absolute Gasteiger partial charge is 0.483 e. The Morgan fingerprint density at radius 1 is 1.46 bits per heavy atom. The fourth-order valence-electron chi connectivity index (χ4n) is 0.781. The van der Waals surface area contributed by atoms with Gasteiger partial charge < -0.3 is 10.5 Å². The number of nitrogens with two attached hydrogens (primary N) is 1. The van der Waals surface area contributed by atoms with Crippen molar-refractivity contribution in [2.75, 3.05) is 0 Å². The summed E-state index contributed by atoms with van der Waals surface area (Å²) < 4.78 is 5.32. The second-order valence-electron chi connectivity index (χ2n) is 2.67. The van der Waals surface area contributed by atoms with Crippen molar-refractivity contribution in [1.29, 1.82) is 5.41 Å². The van der Waals surface area contributed by atoms with Crippen molar-refractivity contribution >= 4 is 17.4 Å². The molecule has 1 rings (SSSR count). The molecule has 1 aromatic rings. The molecule has 0 aliphatic carbocycles. The number of nitrogens with one attached hydrogen (secondary N) is 1. The SMILES string of the molecule is CC(Oc1ccc(Cl)cc1)C(=N)N. The van der Waals surface area contributed by atoms with Crippen molar-refractivity contribution in [3.05, 3.63) is 29.3 Å². The standard InChI is InChI=1S/C9H11ClN2O/c1-6(9(11)12)13-8-4-2-7(10)3-5-8/h2-6H,1H3,(H3,11,12). The molecule has 1 atom stereocenters. The monoisotopic (exact) mass is 198 g/mol. The van der Waals surface area contributed by atoms with Crippen LogP contribution < -0.4 is 10.5 Å². The molecule has 0 saturated carbocycles. The van der Waals surface area contributed by atoms with Gasteiger partial charge in [0, 0.05) is 5.02 Å². The maximum Gasteiger partial charge on any atom is 0.152 e. The van der Waals surface area contributed by atoms with E-state index in [0.717, 1.165) is 0 Å². The molecule has 13 heavy (non-hydrogen) atoms. The van der Waals surface area contributed by atoms with E-state index in [2.05, 4.69) is 0 Å². The minimum absolute atomic E-state index is 0.00921. The van der Waals surface area contributed by atoms with Gasteiger partial charge in [-0.05, 0) is 31.2 Å². The van der Waals surface area contributed by atoms with Crippen LogP contribution in [0.15, 0.2) is 24.3 Å². The highest BCUT2D eigenvalue weighted by atomic mass is 35.5. The Bertz CT molecular complexity index is 297. The van der Waals surface area contributed by atoms with Crippen molar-refractivity contribution in [1.82, 2.24) is 0 Å². The molecule has 0 amide bonds. The van der Waals surface area contributed by atoms with Gasteiger partial charge >= 0.3 is 0 Å². The fourth-order valence-corrected chi connectivity index (χ4v) is 0.907. The molecule has 0 spiro atoms. The van der Waals surface area contributed by atoms with E-state index in [9.17, 15) is 0 Å². The summed E-state index contributed by atoms with van der Waals surface area (Å²) in [6.45, 7) is 1.72. The summed E-state index contributed by atoms with van der Waals surface area (Å²) in [5.41, 5.74) is 5.25. The third-order valence-corrected chi connectivity index (χ3v) is 1.82. The Morgan fingerprint density at radius 2 is 2.00 bits per heavy atom. The fraction of sp³-hybridized carbons (Fsp3) is 0.222. The normalized spacial score (nSPS) is 12.2. The van der Waals surface area contributed by atoms with E-state index >= 15 is 0 Å². The van der Waals surface area contributed by atoms with Crippen LogP contribution in [0, 0.1) is 5.41 Å². The molecule has 0 bridgehead atoms. The lowest BCUT2D eigenvalue weighted by molar-refractivity contribution is 0.285. The average Bonchev–Trinajstić information content (AvgIpc) is 2.08. The Labute approximate surface area is 82.0 Å². The molecule has 0 fully saturated rings. The van der Waals surface area contributed by atoms with E-state index in [-0.39, 0.29) is 5.84 Å². The maximum atomic E-state index is 7.12. The van der Waals surface area contributed by atoms with Crippen LogP contribution in [-0.2, 0) is 0 Å².